The molecule has 3 aromatic carbocycles. The van der Waals surface area contributed by atoms with Gasteiger partial charge in [-0.2, -0.15) is 0 Å². The smallest absolute Gasteiger partial charge is 0.231 e. The Bertz CT molecular complexity index is 1230. The number of halogens is 1. The minimum atomic E-state index is -0.329. The minimum Gasteiger partial charge on any atom is -0.355 e. The van der Waals surface area contributed by atoms with Crippen molar-refractivity contribution in [3.8, 4) is 0 Å². The first kappa shape index (κ1) is 19.0. The number of aromatic nitrogens is 1. The summed E-state index contributed by atoms with van der Waals surface area (Å²) in [7, 11) is 0. The second-order valence-electron chi connectivity index (χ2n) is 7.09. The highest BCUT2D eigenvalue weighted by Gasteiger charge is 2.17. The normalized spacial score (nSPS) is 12.1. The molecule has 146 valence electrons. The number of anilines is 2. The van der Waals surface area contributed by atoms with Crippen molar-refractivity contribution in [3.63, 3.8) is 0 Å². The van der Waals surface area contributed by atoms with E-state index in [1.54, 1.807) is 24.3 Å². The van der Waals surface area contributed by atoms with Crippen molar-refractivity contribution in [2.45, 2.75) is 19.8 Å². The van der Waals surface area contributed by atoms with Gasteiger partial charge < -0.3 is 15.6 Å². The van der Waals surface area contributed by atoms with E-state index in [1.807, 2.05) is 43.3 Å². The van der Waals surface area contributed by atoms with E-state index in [-0.39, 0.29) is 17.7 Å². The molecule has 0 fully saturated rings. The van der Waals surface area contributed by atoms with Crippen molar-refractivity contribution in [1.82, 2.24) is 4.98 Å². The van der Waals surface area contributed by atoms with Crippen LogP contribution in [0.5, 0.6) is 0 Å². The third-order valence-corrected chi connectivity index (χ3v) is 5.19. The molecule has 29 heavy (non-hydrogen) atoms. The molecular formula is C23H20ClN3O2. The molecule has 0 saturated carbocycles. The van der Waals surface area contributed by atoms with Crippen LogP contribution in [0.2, 0.25) is 5.02 Å². The fraction of sp³-hybridized carbons (Fsp3) is 0.130. The van der Waals surface area contributed by atoms with Crippen molar-refractivity contribution in [1.29, 1.82) is 0 Å². The van der Waals surface area contributed by atoms with E-state index in [1.165, 1.54) is 6.92 Å². The van der Waals surface area contributed by atoms with E-state index >= 15 is 0 Å². The van der Waals surface area contributed by atoms with Gasteiger partial charge in [-0.05, 0) is 61.0 Å². The van der Waals surface area contributed by atoms with Crippen LogP contribution in [-0.4, -0.2) is 16.8 Å². The number of amides is 2. The van der Waals surface area contributed by atoms with Crippen LogP contribution < -0.4 is 10.6 Å². The lowest BCUT2D eigenvalue weighted by Gasteiger charge is -2.13. The Morgan fingerprint density at radius 2 is 1.55 bits per heavy atom. The van der Waals surface area contributed by atoms with Crippen LogP contribution in [0.4, 0.5) is 11.4 Å². The summed E-state index contributed by atoms with van der Waals surface area (Å²) in [5, 5.41) is 8.46. The quantitative estimate of drug-likeness (QED) is 0.409. The SMILES string of the molecule is CC(=O)Nc1ccc(NC(=O)C(C)c2ccc3c(c2)[nH]c2ccc(Cl)cc23)cc1. The van der Waals surface area contributed by atoms with E-state index in [9.17, 15) is 9.59 Å². The molecular weight excluding hydrogens is 386 g/mol. The van der Waals surface area contributed by atoms with Crippen LogP contribution >= 0.6 is 11.6 Å². The zero-order valence-corrected chi connectivity index (χ0v) is 16.8. The Hall–Kier alpha value is -3.31. The van der Waals surface area contributed by atoms with Crippen LogP contribution in [0.3, 0.4) is 0 Å². The molecule has 2 amide bonds. The Morgan fingerprint density at radius 1 is 0.862 bits per heavy atom. The molecule has 6 heteroatoms. The fourth-order valence-electron chi connectivity index (χ4n) is 3.40. The Morgan fingerprint density at radius 3 is 2.24 bits per heavy atom. The molecule has 4 rings (SSSR count). The third-order valence-electron chi connectivity index (χ3n) is 4.95. The van der Waals surface area contributed by atoms with E-state index < -0.39 is 0 Å². The number of fused-ring (bicyclic) bond motifs is 3. The molecule has 1 heterocycles. The monoisotopic (exact) mass is 405 g/mol. The Kier molecular flexibility index (Phi) is 4.99. The number of carbonyl (C=O) groups excluding carboxylic acids is 2. The zero-order valence-electron chi connectivity index (χ0n) is 16.0. The summed E-state index contributed by atoms with van der Waals surface area (Å²) >= 11 is 6.12. The van der Waals surface area contributed by atoms with Gasteiger partial charge in [-0.1, -0.05) is 23.7 Å². The first-order chi connectivity index (χ1) is 13.9. The summed E-state index contributed by atoms with van der Waals surface area (Å²) in [5.41, 5.74) is 4.27. The molecule has 0 bridgehead atoms. The lowest BCUT2D eigenvalue weighted by atomic mass is 9.98. The number of H-pyrrole nitrogens is 1. The van der Waals surface area contributed by atoms with Crippen LogP contribution in [0, 0.1) is 0 Å². The summed E-state index contributed by atoms with van der Waals surface area (Å²) in [6.45, 7) is 3.33. The predicted octanol–water partition coefficient (Wildman–Crippen LogP) is 5.68. The highest BCUT2D eigenvalue weighted by Crippen LogP contribution is 2.30. The van der Waals surface area contributed by atoms with E-state index in [0.717, 1.165) is 27.4 Å². The molecule has 1 unspecified atom stereocenters. The van der Waals surface area contributed by atoms with Gasteiger partial charge in [0.25, 0.3) is 0 Å². The van der Waals surface area contributed by atoms with Crippen LogP contribution in [0.15, 0.2) is 60.7 Å². The number of aromatic amines is 1. The Labute approximate surface area is 173 Å². The maximum Gasteiger partial charge on any atom is 0.231 e. The summed E-state index contributed by atoms with van der Waals surface area (Å²) in [6.07, 6.45) is 0. The van der Waals surface area contributed by atoms with Crippen LogP contribution in [0.25, 0.3) is 21.8 Å². The molecule has 4 aromatic rings. The van der Waals surface area contributed by atoms with Gasteiger partial charge in [-0.25, -0.2) is 0 Å². The van der Waals surface area contributed by atoms with Crippen molar-refractivity contribution in [2.24, 2.45) is 0 Å². The highest BCUT2D eigenvalue weighted by atomic mass is 35.5. The van der Waals surface area contributed by atoms with Gasteiger partial charge in [0.05, 0.1) is 5.92 Å². The third kappa shape index (κ3) is 3.96. The molecule has 0 saturated heterocycles. The summed E-state index contributed by atoms with van der Waals surface area (Å²) in [4.78, 5) is 27.2. The number of hydrogen-bond donors (Lipinski definition) is 3. The van der Waals surface area contributed by atoms with Crippen molar-refractivity contribution in [3.05, 3.63) is 71.2 Å². The summed E-state index contributed by atoms with van der Waals surface area (Å²) in [5.74, 6) is -0.565. The van der Waals surface area contributed by atoms with Gasteiger partial charge in [0.2, 0.25) is 11.8 Å². The first-order valence-electron chi connectivity index (χ1n) is 9.30. The minimum absolute atomic E-state index is 0.101. The van der Waals surface area contributed by atoms with Crippen molar-refractivity contribution < 1.29 is 9.59 Å². The second kappa shape index (κ2) is 7.60. The molecule has 0 radical (unpaired) electrons. The average Bonchev–Trinajstić information content (AvgIpc) is 3.05. The van der Waals surface area contributed by atoms with Gasteiger partial charge in [0, 0.05) is 45.1 Å². The Balaban J connectivity index is 1.54. The van der Waals surface area contributed by atoms with Crippen molar-refractivity contribution in [2.75, 3.05) is 10.6 Å². The largest absolute Gasteiger partial charge is 0.355 e. The molecule has 3 N–H and O–H groups in total. The lowest BCUT2D eigenvalue weighted by Crippen LogP contribution is -2.18. The second-order valence-corrected chi connectivity index (χ2v) is 7.53. The molecule has 5 nitrogen and oxygen atoms in total. The predicted molar refractivity (Wildman–Crippen MR) is 119 cm³/mol. The number of nitrogens with one attached hydrogen (secondary N) is 3. The number of carbonyl (C=O) groups is 2. The van der Waals surface area contributed by atoms with Crippen molar-refractivity contribution >= 4 is 56.6 Å². The van der Waals surface area contributed by atoms with E-state index in [2.05, 4.69) is 15.6 Å². The van der Waals surface area contributed by atoms with Crippen LogP contribution in [0.1, 0.15) is 25.3 Å². The topological polar surface area (TPSA) is 74.0 Å². The molecule has 0 aliphatic heterocycles. The van der Waals surface area contributed by atoms with Gasteiger partial charge in [-0.15, -0.1) is 0 Å². The molecule has 0 spiro atoms. The standard InChI is InChI=1S/C23H20ClN3O2/c1-13(23(29)26-18-7-5-17(6-8-18)25-14(2)28)15-3-9-19-20-12-16(24)4-10-21(20)27-22(19)11-15/h3-13,27H,1-2H3,(H,25,28)(H,26,29). The number of benzene rings is 3. The average molecular weight is 406 g/mol. The van der Waals surface area contributed by atoms with Gasteiger partial charge in [0.1, 0.15) is 0 Å². The highest BCUT2D eigenvalue weighted by molar-refractivity contribution is 6.31. The summed E-state index contributed by atoms with van der Waals surface area (Å²) in [6, 6.07) is 18.8. The lowest BCUT2D eigenvalue weighted by molar-refractivity contribution is -0.117. The number of hydrogen-bond acceptors (Lipinski definition) is 2. The van der Waals surface area contributed by atoms with Crippen LogP contribution in [-0.2, 0) is 9.59 Å². The molecule has 0 aliphatic carbocycles. The first-order valence-corrected chi connectivity index (χ1v) is 9.68. The maximum atomic E-state index is 12.7. The van der Waals surface area contributed by atoms with E-state index in [4.69, 9.17) is 11.6 Å². The maximum absolute atomic E-state index is 12.7. The summed E-state index contributed by atoms with van der Waals surface area (Å²) < 4.78 is 0. The fourth-order valence-corrected chi connectivity index (χ4v) is 3.58. The molecule has 1 aromatic heterocycles. The molecule has 0 aliphatic rings. The number of rotatable bonds is 4. The van der Waals surface area contributed by atoms with Gasteiger partial charge in [-0.3, -0.25) is 9.59 Å². The van der Waals surface area contributed by atoms with E-state index in [0.29, 0.717) is 16.4 Å². The zero-order chi connectivity index (χ0) is 20.5. The molecule has 1 atom stereocenters. The van der Waals surface area contributed by atoms with Gasteiger partial charge in [0.15, 0.2) is 0 Å². The van der Waals surface area contributed by atoms with Gasteiger partial charge >= 0.3 is 0 Å².